The van der Waals surface area contributed by atoms with Crippen LogP contribution in [0.25, 0.3) is 0 Å². The van der Waals surface area contributed by atoms with Gasteiger partial charge < -0.3 is 10.0 Å². The Kier molecular flexibility index (Phi) is 4.04. The van der Waals surface area contributed by atoms with E-state index >= 15 is 0 Å². The third-order valence-corrected chi connectivity index (χ3v) is 4.25. The molecule has 1 amide bonds. The van der Waals surface area contributed by atoms with Crippen LogP contribution in [0.3, 0.4) is 0 Å². The Morgan fingerprint density at radius 3 is 2.50 bits per heavy atom. The molecule has 0 aromatic heterocycles. The maximum absolute atomic E-state index is 12.3. The van der Waals surface area contributed by atoms with E-state index in [9.17, 15) is 9.59 Å². The number of carboxylic acid groups (broad SMARTS) is 1. The molecule has 7 heteroatoms. The van der Waals surface area contributed by atoms with E-state index in [1.165, 1.54) is 16.7 Å². The Morgan fingerprint density at radius 1 is 1.33 bits per heavy atom. The second-order valence-electron chi connectivity index (χ2n) is 3.73. The quantitative estimate of drug-likeness (QED) is 0.912. The molecule has 1 fully saturated rings. The van der Waals surface area contributed by atoms with Gasteiger partial charge in [0.25, 0.3) is 5.91 Å². The van der Waals surface area contributed by atoms with E-state index in [0.29, 0.717) is 11.6 Å². The van der Waals surface area contributed by atoms with Gasteiger partial charge >= 0.3 is 5.97 Å². The lowest BCUT2D eigenvalue weighted by molar-refractivity contribution is -0.140. The Hall–Kier alpha value is -0.910. The Balaban J connectivity index is 2.34. The van der Waals surface area contributed by atoms with Crippen molar-refractivity contribution in [3.8, 4) is 0 Å². The molecule has 1 atom stereocenters. The fourth-order valence-electron chi connectivity index (χ4n) is 1.69. The third-order valence-electron chi connectivity index (χ3n) is 2.60. The summed E-state index contributed by atoms with van der Waals surface area (Å²) in [6.07, 6.45) is 0. The molecule has 1 aromatic carbocycles. The molecule has 1 heterocycles. The standard InChI is InChI=1S/C11H9Cl2NO3S/c12-6-2-1-3-7(13)9(6)10(15)14-5-18-4-8(14)11(16)17/h1-3,8H,4-5H2,(H,16,17). The van der Waals surface area contributed by atoms with Gasteiger partial charge in [0.05, 0.1) is 21.5 Å². The van der Waals surface area contributed by atoms with Gasteiger partial charge in [-0.05, 0) is 12.1 Å². The summed E-state index contributed by atoms with van der Waals surface area (Å²) in [5.74, 6) is -0.750. The van der Waals surface area contributed by atoms with E-state index < -0.39 is 17.9 Å². The number of carbonyl (C=O) groups excluding carboxylic acids is 1. The van der Waals surface area contributed by atoms with Gasteiger partial charge in [0, 0.05) is 5.75 Å². The molecule has 18 heavy (non-hydrogen) atoms. The molecule has 0 aliphatic carbocycles. The fraction of sp³-hybridized carbons (Fsp3) is 0.273. The van der Waals surface area contributed by atoms with Crippen LogP contribution in [0, 0.1) is 0 Å². The smallest absolute Gasteiger partial charge is 0.327 e. The van der Waals surface area contributed by atoms with Gasteiger partial charge in [0.2, 0.25) is 0 Å². The Labute approximate surface area is 118 Å². The first-order valence-corrected chi connectivity index (χ1v) is 6.99. The lowest BCUT2D eigenvalue weighted by atomic mass is 10.1. The molecule has 0 spiro atoms. The number of benzene rings is 1. The topological polar surface area (TPSA) is 57.6 Å². The highest BCUT2D eigenvalue weighted by atomic mass is 35.5. The number of hydrogen-bond donors (Lipinski definition) is 1. The molecule has 2 rings (SSSR count). The summed E-state index contributed by atoms with van der Waals surface area (Å²) >= 11 is 13.3. The number of rotatable bonds is 2. The van der Waals surface area contributed by atoms with Crippen molar-refractivity contribution in [1.82, 2.24) is 4.90 Å². The van der Waals surface area contributed by atoms with Crippen molar-refractivity contribution in [3.05, 3.63) is 33.8 Å². The second-order valence-corrected chi connectivity index (χ2v) is 5.54. The summed E-state index contributed by atoms with van der Waals surface area (Å²) in [6, 6.07) is 3.92. The zero-order valence-electron chi connectivity index (χ0n) is 9.10. The molecule has 1 aliphatic heterocycles. The third kappa shape index (κ3) is 2.43. The van der Waals surface area contributed by atoms with E-state index in [2.05, 4.69) is 0 Å². The molecule has 0 radical (unpaired) electrons. The molecule has 1 unspecified atom stereocenters. The highest BCUT2D eigenvalue weighted by Gasteiger charge is 2.36. The van der Waals surface area contributed by atoms with Crippen molar-refractivity contribution in [3.63, 3.8) is 0 Å². The van der Waals surface area contributed by atoms with Crippen molar-refractivity contribution < 1.29 is 14.7 Å². The molecule has 1 aliphatic rings. The summed E-state index contributed by atoms with van der Waals surface area (Å²) in [7, 11) is 0. The van der Waals surface area contributed by atoms with Crippen LogP contribution in [0.2, 0.25) is 10.0 Å². The van der Waals surface area contributed by atoms with E-state index in [1.807, 2.05) is 0 Å². The lowest BCUT2D eigenvalue weighted by Crippen LogP contribution is -2.41. The van der Waals surface area contributed by atoms with E-state index in [0.717, 1.165) is 0 Å². The largest absolute Gasteiger partial charge is 0.480 e. The average molecular weight is 306 g/mol. The highest BCUT2D eigenvalue weighted by Crippen LogP contribution is 2.30. The van der Waals surface area contributed by atoms with Gasteiger partial charge in [-0.2, -0.15) is 0 Å². The van der Waals surface area contributed by atoms with Crippen molar-refractivity contribution in [1.29, 1.82) is 0 Å². The van der Waals surface area contributed by atoms with Crippen LogP contribution in [-0.2, 0) is 4.79 Å². The lowest BCUT2D eigenvalue weighted by Gasteiger charge is -2.21. The summed E-state index contributed by atoms with van der Waals surface area (Å²) in [4.78, 5) is 24.6. The number of amides is 1. The summed E-state index contributed by atoms with van der Waals surface area (Å²) in [5, 5.41) is 9.51. The predicted molar refractivity (Wildman–Crippen MR) is 71.4 cm³/mol. The van der Waals surface area contributed by atoms with Crippen molar-refractivity contribution in [2.45, 2.75) is 6.04 Å². The molecular weight excluding hydrogens is 297 g/mol. The van der Waals surface area contributed by atoms with Crippen LogP contribution >= 0.6 is 35.0 Å². The SMILES string of the molecule is O=C(O)C1CSCN1C(=O)c1c(Cl)cccc1Cl. The van der Waals surface area contributed by atoms with Gasteiger partial charge in [-0.15, -0.1) is 11.8 Å². The van der Waals surface area contributed by atoms with Gasteiger partial charge in [-0.3, -0.25) is 4.79 Å². The van der Waals surface area contributed by atoms with Crippen molar-refractivity contribution in [2.24, 2.45) is 0 Å². The molecule has 0 saturated carbocycles. The van der Waals surface area contributed by atoms with Crippen LogP contribution in [0.4, 0.5) is 0 Å². The Bertz CT molecular complexity index is 489. The number of hydrogen-bond acceptors (Lipinski definition) is 3. The molecule has 1 saturated heterocycles. The fourth-order valence-corrected chi connectivity index (χ4v) is 3.40. The minimum absolute atomic E-state index is 0.162. The molecule has 4 nitrogen and oxygen atoms in total. The zero-order chi connectivity index (χ0) is 13.3. The molecule has 1 N–H and O–H groups in total. The monoisotopic (exact) mass is 305 g/mol. The van der Waals surface area contributed by atoms with E-state index in [1.54, 1.807) is 18.2 Å². The van der Waals surface area contributed by atoms with Gasteiger partial charge in [0.1, 0.15) is 6.04 Å². The average Bonchev–Trinajstić information content (AvgIpc) is 2.77. The van der Waals surface area contributed by atoms with E-state index in [4.69, 9.17) is 28.3 Å². The number of carboxylic acids is 1. The van der Waals surface area contributed by atoms with Gasteiger partial charge in [-0.1, -0.05) is 29.3 Å². The zero-order valence-corrected chi connectivity index (χ0v) is 11.4. The first-order chi connectivity index (χ1) is 8.52. The maximum atomic E-state index is 12.3. The summed E-state index contributed by atoms with van der Waals surface area (Å²) < 4.78 is 0. The number of halogens is 2. The van der Waals surface area contributed by atoms with Gasteiger partial charge in [0.15, 0.2) is 0 Å². The first-order valence-electron chi connectivity index (χ1n) is 5.08. The van der Waals surface area contributed by atoms with Crippen LogP contribution in [0.15, 0.2) is 18.2 Å². The first kappa shape index (κ1) is 13.5. The van der Waals surface area contributed by atoms with E-state index in [-0.39, 0.29) is 15.6 Å². The molecule has 96 valence electrons. The van der Waals surface area contributed by atoms with Crippen LogP contribution in [0.5, 0.6) is 0 Å². The van der Waals surface area contributed by atoms with Crippen LogP contribution in [0.1, 0.15) is 10.4 Å². The highest BCUT2D eigenvalue weighted by molar-refractivity contribution is 7.99. The molecule has 1 aromatic rings. The maximum Gasteiger partial charge on any atom is 0.327 e. The number of aliphatic carboxylic acids is 1. The van der Waals surface area contributed by atoms with Crippen molar-refractivity contribution >= 4 is 46.8 Å². The minimum Gasteiger partial charge on any atom is -0.480 e. The van der Waals surface area contributed by atoms with Crippen LogP contribution in [-0.4, -0.2) is 39.6 Å². The minimum atomic E-state index is -1.02. The van der Waals surface area contributed by atoms with Crippen LogP contribution < -0.4 is 0 Å². The number of carbonyl (C=O) groups is 2. The summed E-state index contributed by atoms with van der Waals surface area (Å²) in [5.41, 5.74) is 0.162. The Morgan fingerprint density at radius 2 is 1.94 bits per heavy atom. The normalized spacial score (nSPS) is 19.0. The predicted octanol–water partition coefficient (Wildman–Crippen LogP) is 2.59. The van der Waals surface area contributed by atoms with Crippen molar-refractivity contribution in [2.75, 3.05) is 11.6 Å². The second kappa shape index (κ2) is 5.38. The number of thioether (sulfide) groups is 1. The van der Waals surface area contributed by atoms with Gasteiger partial charge in [-0.25, -0.2) is 4.79 Å². The molecular formula is C11H9Cl2NO3S. The number of nitrogens with zero attached hydrogens (tertiary/aromatic N) is 1. The summed E-state index contributed by atoms with van der Waals surface area (Å²) in [6.45, 7) is 0. The molecule has 0 bridgehead atoms.